The number of hydrogen-bond donors (Lipinski definition) is 9. The molecule has 0 amide bonds. The second-order valence-electron chi connectivity index (χ2n) is 9.29. The molecule has 10 N–H and O–H groups in total. The lowest BCUT2D eigenvalue weighted by Gasteiger charge is -2.48. The summed E-state index contributed by atoms with van der Waals surface area (Å²) >= 11 is 0. The molecule has 13 nitrogen and oxygen atoms in total. The van der Waals surface area contributed by atoms with Gasteiger partial charge in [0.1, 0.15) is 30.5 Å². The molecule has 3 fully saturated rings. The molecular weight excluding hydrogens is 452 g/mol. The van der Waals surface area contributed by atoms with E-state index in [4.69, 9.17) is 24.7 Å². The Kier molecular flexibility index (Phi) is 10.4. The normalized spacial score (nSPS) is 48.1. The van der Waals surface area contributed by atoms with Crippen molar-refractivity contribution in [3.05, 3.63) is 0 Å². The van der Waals surface area contributed by atoms with Crippen LogP contribution in [0.4, 0.5) is 0 Å². The first-order valence-electron chi connectivity index (χ1n) is 11.9. The van der Waals surface area contributed by atoms with Gasteiger partial charge < -0.3 is 66.2 Å². The molecule has 0 radical (unpaired) electrons. The molecule has 13 heteroatoms. The number of ether oxygens (including phenoxy) is 4. The number of nitrogens with one attached hydrogen (secondary N) is 3. The van der Waals surface area contributed by atoms with Crippen molar-refractivity contribution in [2.24, 2.45) is 5.73 Å². The van der Waals surface area contributed by atoms with Gasteiger partial charge in [0.2, 0.25) is 0 Å². The van der Waals surface area contributed by atoms with Gasteiger partial charge in [-0.2, -0.15) is 0 Å². The fourth-order valence-electron chi connectivity index (χ4n) is 5.06. The second kappa shape index (κ2) is 12.6. The molecule has 2 saturated heterocycles. The minimum atomic E-state index is -1.15. The maximum Gasteiger partial charge on any atom is 0.184 e. The quantitative estimate of drug-likeness (QED) is 0.149. The van der Waals surface area contributed by atoms with E-state index in [9.17, 15) is 25.5 Å². The van der Waals surface area contributed by atoms with E-state index in [1.807, 2.05) is 0 Å². The van der Waals surface area contributed by atoms with Gasteiger partial charge in [-0.15, -0.1) is 0 Å². The monoisotopic (exact) mass is 494 g/mol. The van der Waals surface area contributed by atoms with Gasteiger partial charge in [-0.1, -0.05) is 0 Å². The van der Waals surface area contributed by atoms with E-state index in [-0.39, 0.29) is 31.1 Å². The molecule has 3 rings (SSSR count). The Hall–Kier alpha value is -0.520. The summed E-state index contributed by atoms with van der Waals surface area (Å²) in [7, 11) is 5.25. The third-order valence-electron chi connectivity index (χ3n) is 7.18. The molecule has 0 aromatic heterocycles. The molecule has 200 valence electrons. The number of likely N-dealkylation sites (N-methyl/N-ethyl adjacent to an activating group) is 3. The molecule has 0 spiro atoms. The number of nitrogens with two attached hydrogens (primary N) is 1. The smallest absolute Gasteiger partial charge is 0.184 e. The zero-order valence-corrected chi connectivity index (χ0v) is 20.0. The van der Waals surface area contributed by atoms with Gasteiger partial charge in [0.05, 0.1) is 31.0 Å². The van der Waals surface area contributed by atoms with Crippen molar-refractivity contribution in [3.8, 4) is 0 Å². The van der Waals surface area contributed by atoms with Crippen molar-refractivity contribution < 1.29 is 44.5 Å². The van der Waals surface area contributed by atoms with Crippen LogP contribution in [0.3, 0.4) is 0 Å². The lowest BCUT2D eigenvalue weighted by atomic mass is 9.83. The average Bonchev–Trinajstić information content (AvgIpc) is 2.83. The molecule has 0 aromatic carbocycles. The highest BCUT2D eigenvalue weighted by Gasteiger charge is 2.50. The van der Waals surface area contributed by atoms with Gasteiger partial charge in [-0.25, -0.2) is 0 Å². The van der Waals surface area contributed by atoms with E-state index < -0.39 is 68.0 Å². The zero-order chi connectivity index (χ0) is 25.0. The number of rotatable bonds is 9. The van der Waals surface area contributed by atoms with Crippen LogP contribution in [-0.4, -0.2) is 139 Å². The standard InChI is InChI=1S/C21H42N4O9/c1-23-9-4-10(24-2)19(34-21-14(29)6-13(28)16(8-26)32-21)17(30)18(9)33-20-11(25-3)5-12(27)15(7-22)31-20/h9-21,23-30H,4-8,22H2,1-3H3. The summed E-state index contributed by atoms with van der Waals surface area (Å²) in [6, 6.07) is -0.895. The first-order chi connectivity index (χ1) is 16.3. The predicted molar refractivity (Wildman–Crippen MR) is 120 cm³/mol. The Bertz CT molecular complexity index is 623. The summed E-state index contributed by atoms with van der Waals surface area (Å²) in [5.74, 6) is 0. The summed E-state index contributed by atoms with van der Waals surface area (Å²) in [5, 5.41) is 60.9. The van der Waals surface area contributed by atoms with Crippen LogP contribution in [0.1, 0.15) is 19.3 Å². The van der Waals surface area contributed by atoms with Crippen molar-refractivity contribution in [1.29, 1.82) is 0 Å². The fourth-order valence-corrected chi connectivity index (χ4v) is 5.06. The van der Waals surface area contributed by atoms with Crippen molar-refractivity contribution in [1.82, 2.24) is 16.0 Å². The lowest BCUT2D eigenvalue weighted by molar-refractivity contribution is -0.314. The molecule has 3 aliphatic rings. The van der Waals surface area contributed by atoms with Gasteiger partial charge in [0, 0.05) is 25.0 Å². The van der Waals surface area contributed by atoms with E-state index in [0.29, 0.717) is 12.8 Å². The SMILES string of the molecule is CNC1CC(O)C(CN)OC1OC1C(NC)CC(NC)C(OC2OC(CO)C(O)CC2O)C1O. The van der Waals surface area contributed by atoms with E-state index in [1.165, 1.54) is 0 Å². The minimum absolute atomic E-state index is 0.0232. The van der Waals surface area contributed by atoms with Crippen LogP contribution in [0.25, 0.3) is 0 Å². The topological polar surface area (TPSA) is 200 Å². The van der Waals surface area contributed by atoms with Crippen LogP contribution in [0, 0.1) is 0 Å². The van der Waals surface area contributed by atoms with Crippen LogP contribution in [0.15, 0.2) is 0 Å². The number of aliphatic hydroxyl groups excluding tert-OH is 5. The first kappa shape index (κ1) is 28.1. The lowest BCUT2D eigenvalue weighted by Crippen LogP contribution is -2.67. The zero-order valence-electron chi connectivity index (χ0n) is 20.0. The molecule has 2 heterocycles. The second-order valence-corrected chi connectivity index (χ2v) is 9.29. The summed E-state index contributed by atoms with van der Waals surface area (Å²) in [6.07, 6.45) is -8.15. The van der Waals surface area contributed by atoms with Gasteiger partial charge in [-0.3, -0.25) is 0 Å². The van der Waals surface area contributed by atoms with Crippen LogP contribution < -0.4 is 21.7 Å². The maximum atomic E-state index is 11.4. The Balaban J connectivity index is 1.77. The molecule has 0 bridgehead atoms. The van der Waals surface area contributed by atoms with Gasteiger partial charge in [0.25, 0.3) is 0 Å². The van der Waals surface area contributed by atoms with E-state index >= 15 is 0 Å². The van der Waals surface area contributed by atoms with Crippen molar-refractivity contribution in [3.63, 3.8) is 0 Å². The summed E-state index contributed by atoms with van der Waals surface area (Å²) in [6.45, 7) is -0.301. The van der Waals surface area contributed by atoms with E-state index in [0.717, 1.165) is 0 Å². The van der Waals surface area contributed by atoms with E-state index in [1.54, 1.807) is 21.1 Å². The number of hydrogen-bond acceptors (Lipinski definition) is 13. The summed E-state index contributed by atoms with van der Waals surface area (Å²) in [5.41, 5.74) is 5.74. The third kappa shape index (κ3) is 6.06. The first-order valence-corrected chi connectivity index (χ1v) is 11.9. The Morgan fingerprint density at radius 1 is 0.735 bits per heavy atom. The van der Waals surface area contributed by atoms with Crippen LogP contribution in [0.5, 0.6) is 0 Å². The van der Waals surface area contributed by atoms with Crippen LogP contribution >= 0.6 is 0 Å². The predicted octanol–water partition coefficient (Wildman–Crippen LogP) is -4.45. The highest BCUT2D eigenvalue weighted by molar-refractivity contribution is 5.02. The molecular formula is C21H42N4O9. The van der Waals surface area contributed by atoms with Crippen molar-refractivity contribution in [2.45, 2.75) is 98.8 Å². The fraction of sp³-hybridized carbons (Fsp3) is 1.00. The number of aliphatic hydroxyl groups is 5. The minimum Gasteiger partial charge on any atom is -0.394 e. The highest BCUT2D eigenvalue weighted by Crippen LogP contribution is 2.32. The molecule has 1 saturated carbocycles. The largest absolute Gasteiger partial charge is 0.394 e. The maximum absolute atomic E-state index is 11.4. The molecule has 0 aromatic rings. The highest BCUT2D eigenvalue weighted by atomic mass is 16.7. The third-order valence-corrected chi connectivity index (χ3v) is 7.18. The average molecular weight is 495 g/mol. The van der Waals surface area contributed by atoms with Crippen LogP contribution in [0.2, 0.25) is 0 Å². The van der Waals surface area contributed by atoms with Crippen LogP contribution in [-0.2, 0) is 18.9 Å². The summed E-state index contributed by atoms with van der Waals surface area (Å²) < 4.78 is 23.8. The molecule has 1 aliphatic carbocycles. The van der Waals surface area contributed by atoms with Gasteiger partial charge in [-0.05, 0) is 34.0 Å². The van der Waals surface area contributed by atoms with Gasteiger partial charge >= 0.3 is 0 Å². The molecule has 13 atom stereocenters. The van der Waals surface area contributed by atoms with Crippen molar-refractivity contribution >= 4 is 0 Å². The molecule has 2 aliphatic heterocycles. The molecule has 13 unspecified atom stereocenters. The van der Waals surface area contributed by atoms with E-state index in [2.05, 4.69) is 16.0 Å². The summed E-state index contributed by atoms with van der Waals surface area (Å²) in [4.78, 5) is 0. The van der Waals surface area contributed by atoms with Crippen molar-refractivity contribution in [2.75, 3.05) is 34.3 Å². The Labute approximate surface area is 199 Å². The Morgan fingerprint density at radius 3 is 1.79 bits per heavy atom. The molecule has 34 heavy (non-hydrogen) atoms. The Morgan fingerprint density at radius 2 is 1.26 bits per heavy atom. The van der Waals surface area contributed by atoms with Gasteiger partial charge in [0.15, 0.2) is 12.6 Å².